The molecule has 3 amide bonds. The van der Waals surface area contributed by atoms with Crippen LogP contribution in [0.4, 0.5) is 22.4 Å². The third-order valence-corrected chi connectivity index (χ3v) is 7.92. The van der Waals surface area contributed by atoms with E-state index in [2.05, 4.69) is 10.6 Å². The van der Waals surface area contributed by atoms with Gasteiger partial charge < -0.3 is 25.8 Å². The number of ketones is 1. The molecule has 0 radical (unpaired) electrons. The molecular weight excluding hydrogens is 610 g/mol. The predicted octanol–water partition coefficient (Wildman–Crippen LogP) is 4.93. The lowest BCUT2D eigenvalue weighted by molar-refractivity contribution is -0.136. The molecule has 1 aliphatic rings. The zero-order valence-corrected chi connectivity index (χ0v) is 25.1. The summed E-state index contributed by atoms with van der Waals surface area (Å²) in [6, 6.07) is 5.68. The maximum absolute atomic E-state index is 14.1. The minimum atomic E-state index is -1.85. The van der Waals surface area contributed by atoms with Crippen LogP contribution in [0.25, 0.3) is 0 Å². The minimum Gasteiger partial charge on any atom is -0.479 e. The van der Waals surface area contributed by atoms with Crippen LogP contribution in [-0.4, -0.2) is 49.0 Å². The van der Waals surface area contributed by atoms with Crippen LogP contribution in [0.3, 0.4) is 0 Å². The molecule has 9 nitrogen and oxygen atoms in total. The number of Topliss-reactive ketones (excluding diaryl/α,β-unsaturated/α-hetero) is 1. The van der Waals surface area contributed by atoms with Crippen LogP contribution in [-0.2, 0) is 19.1 Å². The quantitative estimate of drug-likeness (QED) is 0.197. The van der Waals surface area contributed by atoms with Crippen molar-refractivity contribution in [2.45, 2.75) is 64.5 Å². The smallest absolute Gasteiger partial charge is 0.405 e. The number of rotatable bonds is 14. The molecule has 2 aromatic rings. The zero-order chi connectivity index (χ0) is 32.8. The number of ether oxygens (including phenoxy) is 2. The minimum absolute atomic E-state index is 0.0169. The van der Waals surface area contributed by atoms with Crippen LogP contribution in [0.1, 0.15) is 57.9 Å². The molecule has 2 aromatic carbocycles. The first-order chi connectivity index (χ1) is 20.6. The summed E-state index contributed by atoms with van der Waals surface area (Å²) in [4.78, 5) is 50.8. The maximum Gasteiger partial charge on any atom is 0.405 e. The Morgan fingerprint density at radius 1 is 1.14 bits per heavy atom. The van der Waals surface area contributed by atoms with Gasteiger partial charge in [-0.1, -0.05) is 44.5 Å². The SMILES string of the molecule is CCC(c1cccc(Cl)c1)C(C)(C)C[C@H](OC(N)=O)C(=O)N[C@@H](C[C@@H]1CCNC1=O)C(=O)COc1c(F)c(F)cc(F)c1F. The highest BCUT2D eigenvalue weighted by molar-refractivity contribution is 6.30. The first-order valence-electron chi connectivity index (χ1n) is 13.9. The molecule has 44 heavy (non-hydrogen) atoms. The molecule has 4 atom stereocenters. The van der Waals surface area contributed by atoms with E-state index in [4.69, 9.17) is 26.8 Å². The normalized spacial score (nSPS) is 16.9. The van der Waals surface area contributed by atoms with Gasteiger partial charge in [-0.3, -0.25) is 14.4 Å². The van der Waals surface area contributed by atoms with Gasteiger partial charge in [0.05, 0.1) is 6.04 Å². The number of primary amides is 1. The lowest BCUT2D eigenvalue weighted by atomic mass is 9.70. The number of nitrogens with two attached hydrogens (primary N) is 1. The number of nitrogens with one attached hydrogen (secondary N) is 2. The van der Waals surface area contributed by atoms with E-state index in [0.717, 1.165) is 5.56 Å². The number of carbonyl (C=O) groups excluding carboxylic acids is 4. The van der Waals surface area contributed by atoms with E-state index in [9.17, 15) is 36.7 Å². The fourth-order valence-electron chi connectivity index (χ4n) is 5.52. The molecule has 0 spiro atoms. The van der Waals surface area contributed by atoms with Gasteiger partial charge in [0.2, 0.25) is 17.5 Å². The molecule has 240 valence electrons. The highest BCUT2D eigenvalue weighted by Crippen LogP contribution is 2.42. The van der Waals surface area contributed by atoms with Crippen molar-refractivity contribution >= 4 is 35.3 Å². The largest absolute Gasteiger partial charge is 0.479 e. The molecule has 0 bridgehead atoms. The standard InChI is InChI=1S/C30H34ClF4N3O6/c1-4-18(15-6-5-7-17(31)10-15)30(2,3)13-23(44-29(36)42)28(41)38-21(11-16-8-9-37-27(16)40)22(39)14-43-26-24(34)19(32)12-20(33)25(26)35/h5-7,10,12,16,18,21,23H,4,8-9,11,13-14H2,1-3H3,(H2,36,42)(H,37,40)(H,38,41)/t16-,18?,21-,23-/m0/s1. The van der Waals surface area contributed by atoms with Crippen LogP contribution in [0.15, 0.2) is 30.3 Å². The summed E-state index contributed by atoms with van der Waals surface area (Å²) in [5.74, 6) is -11.8. The molecule has 0 aromatic heterocycles. The van der Waals surface area contributed by atoms with Crippen LogP contribution in [0.5, 0.6) is 5.75 Å². The van der Waals surface area contributed by atoms with Gasteiger partial charge in [0.25, 0.3) is 5.91 Å². The summed E-state index contributed by atoms with van der Waals surface area (Å²) in [7, 11) is 0. The summed E-state index contributed by atoms with van der Waals surface area (Å²) in [6.07, 6.45) is -2.08. The molecule has 1 aliphatic heterocycles. The van der Waals surface area contributed by atoms with E-state index in [0.29, 0.717) is 24.4 Å². The van der Waals surface area contributed by atoms with Crippen molar-refractivity contribution in [3.63, 3.8) is 0 Å². The first-order valence-corrected chi connectivity index (χ1v) is 14.3. The zero-order valence-electron chi connectivity index (χ0n) is 24.4. The third kappa shape index (κ3) is 8.61. The Morgan fingerprint density at radius 3 is 2.34 bits per heavy atom. The summed E-state index contributed by atoms with van der Waals surface area (Å²) < 4.78 is 65.4. The van der Waals surface area contributed by atoms with E-state index >= 15 is 0 Å². The molecular formula is C30H34ClF4N3O6. The topological polar surface area (TPSA) is 137 Å². The summed E-state index contributed by atoms with van der Waals surface area (Å²) in [5, 5.41) is 5.56. The van der Waals surface area contributed by atoms with Crippen molar-refractivity contribution in [2.75, 3.05) is 13.2 Å². The molecule has 0 saturated carbocycles. The van der Waals surface area contributed by atoms with Crippen molar-refractivity contribution in [1.82, 2.24) is 10.6 Å². The van der Waals surface area contributed by atoms with Gasteiger partial charge in [-0.15, -0.1) is 0 Å². The van der Waals surface area contributed by atoms with Gasteiger partial charge in [0, 0.05) is 23.6 Å². The van der Waals surface area contributed by atoms with Crippen molar-refractivity contribution in [3.05, 3.63) is 64.2 Å². The second-order valence-electron chi connectivity index (χ2n) is 11.3. The van der Waals surface area contributed by atoms with E-state index < -0.39 is 76.9 Å². The average Bonchev–Trinajstić information content (AvgIpc) is 3.34. The van der Waals surface area contributed by atoms with Crippen molar-refractivity contribution in [3.8, 4) is 5.75 Å². The van der Waals surface area contributed by atoms with E-state index in [1.807, 2.05) is 26.8 Å². The third-order valence-electron chi connectivity index (χ3n) is 7.68. The fraction of sp³-hybridized carbons (Fsp3) is 0.467. The number of hydrogen-bond acceptors (Lipinski definition) is 6. The molecule has 14 heteroatoms. The van der Waals surface area contributed by atoms with Gasteiger partial charge in [-0.25, -0.2) is 13.6 Å². The van der Waals surface area contributed by atoms with Gasteiger partial charge in [-0.05, 0) is 54.7 Å². The summed E-state index contributed by atoms with van der Waals surface area (Å²) in [6.45, 7) is 4.85. The van der Waals surface area contributed by atoms with Crippen molar-refractivity contribution in [2.24, 2.45) is 17.1 Å². The molecule has 4 N–H and O–H groups in total. The van der Waals surface area contributed by atoms with Gasteiger partial charge in [0.1, 0.15) is 6.61 Å². The lowest BCUT2D eigenvalue weighted by Crippen LogP contribution is -2.50. The molecule has 1 unspecified atom stereocenters. The second-order valence-corrected chi connectivity index (χ2v) is 11.7. The maximum atomic E-state index is 14.1. The number of benzene rings is 2. The van der Waals surface area contributed by atoms with E-state index in [-0.39, 0.29) is 30.7 Å². The van der Waals surface area contributed by atoms with Gasteiger partial charge >= 0.3 is 6.09 Å². The monoisotopic (exact) mass is 643 g/mol. The predicted molar refractivity (Wildman–Crippen MR) is 152 cm³/mol. The van der Waals surface area contributed by atoms with Crippen LogP contribution >= 0.6 is 11.6 Å². The lowest BCUT2D eigenvalue weighted by Gasteiger charge is -2.36. The van der Waals surface area contributed by atoms with Crippen molar-refractivity contribution in [1.29, 1.82) is 0 Å². The second kappa shape index (κ2) is 14.7. The number of hydrogen-bond donors (Lipinski definition) is 3. The Balaban J connectivity index is 1.85. The van der Waals surface area contributed by atoms with Crippen molar-refractivity contribution < 1.29 is 46.2 Å². The number of amides is 3. The van der Waals surface area contributed by atoms with Gasteiger partial charge in [-0.2, -0.15) is 8.78 Å². The molecule has 1 heterocycles. The Bertz CT molecular complexity index is 1380. The first kappa shape index (κ1) is 34.6. The highest BCUT2D eigenvalue weighted by atomic mass is 35.5. The van der Waals surface area contributed by atoms with Crippen LogP contribution < -0.4 is 21.1 Å². The summed E-state index contributed by atoms with van der Waals surface area (Å²) >= 11 is 6.19. The van der Waals surface area contributed by atoms with Gasteiger partial charge in [0.15, 0.2) is 29.3 Å². The molecule has 1 fully saturated rings. The van der Waals surface area contributed by atoms with E-state index in [1.165, 1.54) is 0 Å². The summed E-state index contributed by atoms with van der Waals surface area (Å²) in [5.41, 5.74) is 5.45. The highest BCUT2D eigenvalue weighted by Gasteiger charge is 2.39. The van der Waals surface area contributed by atoms with E-state index in [1.54, 1.807) is 18.2 Å². The molecule has 1 saturated heterocycles. The Morgan fingerprint density at radius 2 is 1.80 bits per heavy atom. The number of carbonyl (C=O) groups is 4. The van der Waals surface area contributed by atoms with Crippen LogP contribution in [0.2, 0.25) is 5.02 Å². The fourth-order valence-corrected chi connectivity index (χ4v) is 5.72. The Labute approximate surface area is 256 Å². The molecule has 3 rings (SSSR count). The Hall–Kier alpha value is -3.87. The molecule has 0 aliphatic carbocycles. The Kier molecular flexibility index (Phi) is 11.6. The number of halogens is 5. The average molecular weight is 644 g/mol. The van der Waals surface area contributed by atoms with Crippen LogP contribution in [0, 0.1) is 34.6 Å².